The first-order chi connectivity index (χ1) is 12.5. The Hall–Kier alpha value is -2.48. The molecule has 26 heavy (non-hydrogen) atoms. The van der Waals surface area contributed by atoms with Crippen LogP contribution >= 0.6 is 11.3 Å². The molecule has 0 aromatic carbocycles. The molecule has 1 N–H and O–H groups in total. The lowest BCUT2D eigenvalue weighted by Gasteiger charge is -2.12. The number of carbonyl (C=O) groups excluding carboxylic acids is 1. The normalized spacial score (nSPS) is 14.3. The Morgan fingerprint density at radius 1 is 1.27 bits per heavy atom. The van der Waals surface area contributed by atoms with Gasteiger partial charge in [0, 0.05) is 31.2 Å². The van der Waals surface area contributed by atoms with Crippen LogP contribution in [0.25, 0.3) is 11.0 Å². The van der Waals surface area contributed by atoms with Crippen molar-refractivity contribution in [3.05, 3.63) is 34.1 Å². The number of aryl methyl sites for hydroxylation is 3. The maximum Gasteiger partial charge on any atom is 0.252 e. The number of fused-ring (bicyclic) bond motifs is 1. The molecule has 0 atom stereocenters. The van der Waals surface area contributed by atoms with Gasteiger partial charge in [-0.25, -0.2) is 9.97 Å². The maximum atomic E-state index is 12.8. The molecule has 1 fully saturated rings. The van der Waals surface area contributed by atoms with Gasteiger partial charge in [0.2, 0.25) is 0 Å². The third-order valence-corrected chi connectivity index (χ3v) is 5.64. The summed E-state index contributed by atoms with van der Waals surface area (Å²) < 4.78 is 1.72. The molecule has 1 amide bonds. The highest BCUT2D eigenvalue weighted by Gasteiger charge is 2.19. The molecule has 1 aliphatic rings. The molecule has 0 radical (unpaired) electrons. The summed E-state index contributed by atoms with van der Waals surface area (Å²) in [6.07, 6.45) is 2.46. The van der Waals surface area contributed by atoms with E-state index in [1.54, 1.807) is 16.0 Å². The van der Waals surface area contributed by atoms with E-state index in [-0.39, 0.29) is 5.91 Å². The molecule has 1 aliphatic heterocycles. The summed E-state index contributed by atoms with van der Waals surface area (Å²) >= 11 is 1.65. The van der Waals surface area contributed by atoms with Crippen LogP contribution in [-0.2, 0) is 13.6 Å². The molecule has 3 aromatic rings. The van der Waals surface area contributed by atoms with Crippen molar-refractivity contribution in [3.63, 3.8) is 0 Å². The van der Waals surface area contributed by atoms with Crippen LogP contribution in [0.15, 0.2) is 11.4 Å². The first kappa shape index (κ1) is 17.0. The van der Waals surface area contributed by atoms with Gasteiger partial charge in [-0.2, -0.15) is 5.10 Å². The predicted molar refractivity (Wildman–Crippen MR) is 103 cm³/mol. The molecule has 0 saturated carbocycles. The van der Waals surface area contributed by atoms with E-state index in [4.69, 9.17) is 0 Å². The number of anilines is 1. The molecule has 0 aliphatic carbocycles. The van der Waals surface area contributed by atoms with E-state index in [1.165, 1.54) is 12.8 Å². The number of pyridine rings is 1. The highest BCUT2D eigenvalue weighted by Crippen LogP contribution is 2.25. The van der Waals surface area contributed by atoms with Crippen LogP contribution in [-0.4, -0.2) is 38.7 Å². The zero-order chi connectivity index (χ0) is 18.3. The van der Waals surface area contributed by atoms with Gasteiger partial charge in [-0.3, -0.25) is 9.48 Å². The Balaban J connectivity index is 1.53. The average Bonchev–Trinajstić information content (AvgIpc) is 3.33. The van der Waals surface area contributed by atoms with Crippen LogP contribution in [0.4, 0.5) is 5.13 Å². The Morgan fingerprint density at radius 3 is 2.81 bits per heavy atom. The van der Waals surface area contributed by atoms with Crippen LogP contribution in [0.5, 0.6) is 0 Å². The third-order valence-electron chi connectivity index (χ3n) is 4.69. The van der Waals surface area contributed by atoms with Crippen LogP contribution in [0.1, 0.15) is 40.3 Å². The number of amides is 1. The summed E-state index contributed by atoms with van der Waals surface area (Å²) in [6.45, 7) is 6.37. The highest BCUT2D eigenvalue weighted by atomic mass is 32.1. The van der Waals surface area contributed by atoms with Gasteiger partial charge in [0.05, 0.1) is 28.9 Å². The number of thiazole rings is 1. The van der Waals surface area contributed by atoms with Gasteiger partial charge in [0.1, 0.15) is 0 Å². The third kappa shape index (κ3) is 3.05. The number of carbonyl (C=O) groups is 1. The van der Waals surface area contributed by atoms with Gasteiger partial charge in [-0.05, 0) is 32.8 Å². The molecule has 0 unspecified atom stereocenters. The molecule has 1 saturated heterocycles. The Bertz CT molecular complexity index is 970. The molecular formula is C18H22N6OS. The fourth-order valence-electron chi connectivity index (χ4n) is 3.45. The molecular weight excluding hydrogens is 348 g/mol. The molecule has 4 rings (SSSR count). The predicted octanol–water partition coefficient (Wildman–Crippen LogP) is 2.57. The maximum absolute atomic E-state index is 12.8. The standard InChI is InChI=1S/C18H22N6OS/c1-11-8-14(15-12(2)22-23(3)16(15)20-11)17(25)19-9-13-10-26-18(21-13)24-6-4-5-7-24/h8,10H,4-7,9H2,1-3H3,(H,19,25). The van der Waals surface area contributed by atoms with Crippen molar-refractivity contribution in [2.45, 2.75) is 33.2 Å². The second-order valence-corrected chi connectivity index (χ2v) is 7.55. The van der Waals surface area contributed by atoms with Crippen molar-refractivity contribution in [2.75, 3.05) is 18.0 Å². The summed E-state index contributed by atoms with van der Waals surface area (Å²) in [6, 6.07) is 1.82. The first-order valence-corrected chi connectivity index (χ1v) is 9.69. The molecule has 4 heterocycles. The molecule has 8 heteroatoms. The van der Waals surface area contributed by atoms with Crippen molar-refractivity contribution in [2.24, 2.45) is 7.05 Å². The van der Waals surface area contributed by atoms with Gasteiger partial charge >= 0.3 is 0 Å². The minimum atomic E-state index is -0.118. The monoisotopic (exact) mass is 370 g/mol. The van der Waals surface area contributed by atoms with Crippen LogP contribution in [0, 0.1) is 13.8 Å². The fraction of sp³-hybridized carbons (Fsp3) is 0.444. The van der Waals surface area contributed by atoms with Crippen molar-refractivity contribution in [1.29, 1.82) is 0 Å². The van der Waals surface area contributed by atoms with Crippen LogP contribution in [0.2, 0.25) is 0 Å². The minimum Gasteiger partial charge on any atom is -0.348 e. The van der Waals surface area contributed by atoms with E-state index in [0.717, 1.165) is 46.3 Å². The zero-order valence-electron chi connectivity index (χ0n) is 15.2. The molecule has 0 bridgehead atoms. The number of aromatic nitrogens is 4. The van der Waals surface area contributed by atoms with Gasteiger partial charge in [0.25, 0.3) is 5.91 Å². The topological polar surface area (TPSA) is 75.9 Å². The lowest BCUT2D eigenvalue weighted by atomic mass is 10.1. The van der Waals surface area contributed by atoms with Gasteiger partial charge < -0.3 is 10.2 Å². The molecule has 0 spiro atoms. The largest absolute Gasteiger partial charge is 0.348 e. The van der Waals surface area contributed by atoms with Gasteiger partial charge in [0.15, 0.2) is 10.8 Å². The number of nitrogens with zero attached hydrogens (tertiary/aromatic N) is 5. The van der Waals surface area contributed by atoms with Gasteiger partial charge in [-0.1, -0.05) is 0 Å². The van der Waals surface area contributed by atoms with Crippen molar-refractivity contribution < 1.29 is 4.79 Å². The first-order valence-electron chi connectivity index (χ1n) is 8.81. The number of rotatable bonds is 4. The van der Waals surface area contributed by atoms with E-state index in [1.807, 2.05) is 32.3 Å². The zero-order valence-corrected chi connectivity index (χ0v) is 16.1. The second-order valence-electron chi connectivity index (χ2n) is 6.72. The Labute approximate surface area is 156 Å². The van der Waals surface area contributed by atoms with Crippen molar-refractivity contribution >= 4 is 33.4 Å². The number of hydrogen-bond donors (Lipinski definition) is 1. The van der Waals surface area contributed by atoms with E-state index < -0.39 is 0 Å². The van der Waals surface area contributed by atoms with Crippen LogP contribution in [0.3, 0.4) is 0 Å². The SMILES string of the molecule is Cc1cc(C(=O)NCc2csc(N3CCCC3)n2)c2c(C)nn(C)c2n1. The lowest BCUT2D eigenvalue weighted by Crippen LogP contribution is -2.24. The Morgan fingerprint density at radius 2 is 2.04 bits per heavy atom. The van der Waals surface area contributed by atoms with E-state index in [0.29, 0.717) is 12.1 Å². The summed E-state index contributed by atoms with van der Waals surface area (Å²) in [5.74, 6) is -0.118. The van der Waals surface area contributed by atoms with Crippen molar-refractivity contribution in [1.82, 2.24) is 25.1 Å². The second kappa shape index (κ2) is 6.68. The fourth-order valence-corrected chi connectivity index (χ4v) is 4.33. The minimum absolute atomic E-state index is 0.118. The van der Waals surface area contributed by atoms with E-state index in [2.05, 4.69) is 25.3 Å². The van der Waals surface area contributed by atoms with E-state index >= 15 is 0 Å². The average molecular weight is 370 g/mol. The van der Waals surface area contributed by atoms with Crippen LogP contribution < -0.4 is 10.2 Å². The summed E-state index contributed by atoms with van der Waals surface area (Å²) in [4.78, 5) is 24.3. The number of nitrogens with one attached hydrogen (secondary N) is 1. The summed E-state index contributed by atoms with van der Waals surface area (Å²) in [5, 5.41) is 11.3. The molecule has 136 valence electrons. The van der Waals surface area contributed by atoms with E-state index in [9.17, 15) is 4.79 Å². The smallest absolute Gasteiger partial charge is 0.252 e. The number of hydrogen-bond acceptors (Lipinski definition) is 6. The summed E-state index contributed by atoms with van der Waals surface area (Å²) in [5.41, 5.74) is 3.86. The van der Waals surface area contributed by atoms with Gasteiger partial charge in [-0.15, -0.1) is 11.3 Å². The highest BCUT2D eigenvalue weighted by molar-refractivity contribution is 7.13. The van der Waals surface area contributed by atoms with Crippen molar-refractivity contribution in [3.8, 4) is 0 Å². The summed E-state index contributed by atoms with van der Waals surface area (Å²) in [7, 11) is 1.85. The molecule has 3 aromatic heterocycles. The Kier molecular flexibility index (Phi) is 4.36. The lowest BCUT2D eigenvalue weighted by molar-refractivity contribution is 0.0952. The molecule has 7 nitrogen and oxygen atoms in total. The quantitative estimate of drug-likeness (QED) is 0.764.